The smallest absolute Gasteiger partial charge is 0.451 e. The molecule has 142 valence electrons. The van der Waals surface area contributed by atoms with Gasteiger partial charge >= 0.3 is 6.18 Å². The number of amides is 1. The zero-order chi connectivity index (χ0) is 19.6. The number of anilines is 1. The van der Waals surface area contributed by atoms with E-state index in [4.69, 9.17) is 4.74 Å². The molecule has 7 nitrogen and oxygen atoms in total. The molecule has 0 spiro atoms. The fourth-order valence-electron chi connectivity index (χ4n) is 2.00. The molecule has 0 atom stereocenters. The van der Waals surface area contributed by atoms with E-state index in [2.05, 4.69) is 20.4 Å². The highest BCUT2D eigenvalue weighted by Crippen LogP contribution is 2.27. The molecule has 27 heavy (non-hydrogen) atoms. The third kappa shape index (κ3) is 4.58. The minimum absolute atomic E-state index is 0.0449. The molecule has 0 aliphatic carbocycles. The van der Waals surface area contributed by atoms with Crippen LogP contribution in [0.1, 0.15) is 26.2 Å². The number of rotatable bonds is 5. The number of aryl methyl sites for hydroxylation is 1. The maximum Gasteiger partial charge on any atom is 0.451 e. The SMILES string of the molecule is Cc1nc(COc2ccc(F)cc2)sc1C(=O)Nc1n[nH]c(C(F)(F)F)n1. The van der Waals surface area contributed by atoms with Crippen molar-refractivity contribution < 1.29 is 27.1 Å². The molecule has 1 amide bonds. The maximum atomic E-state index is 12.9. The number of aromatic nitrogens is 4. The van der Waals surface area contributed by atoms with Crippen molar-refractivity contribution in [1.29, 1.82) is 0 Å². The number of hydrogen-bond acceptors (Lipinski definition) is 6. The van der Waals surface area contributed by atoms with Gasteiger partial charge in [0.1, 0.15) is 28.1 Å². The highest BCUT2D eigenvalue weighted by Gasteiger charge is 2.35. The fourth-order valence-corrected chi connectivity index (χ4v) is 2.88. The van der Waals surface area contributed by atoms with Crippen molar-refractivity contribution in [3.63, 3.8) is 0 Å². The van der Waals surface area contributed by atoms with Gasteiger partial charge in [0.05, 0.1) is 5.69 Å². The third-order valence-electron chi connectivity index (χ3n) is 3.20. The Bertz CT molecular complexity index is 952. The first-order chi connectivity index (χ1) is 12.7. The van der Waals surface area contributed by atoms with Gasteiger partial charge in [-0.05, 0) is 31.2 Å². The van der Waals surface area contributed by atoms with Crippen LogP contribution in [0.25, 0.3) is 0 Å². The second-order valence-electron chi connectivity index (χ2n) is 5.22. The number of carbonyl (C=O) groups excluding carboxylic acids is 1. The average molecular weight is 401 g/mol. The summed E-state index contributed by atoms with van der Waals surface area (Å²) in [5.41, 5.74) is 0.377. The van der Waals surface area contributed by atoms with Gasteiger partial charge in [0.2, 0.25) is 11.8 Å². The van der Waals surface area contributed by atoms with Crippen molar-refractivity contribution in [1.82, 2.24) is 20.2 Å². The molecule has 0 bridgehead atoms. The van der Waals surface area contributed by atoms with Crippen molar-refractivity contribution in [2.45, 2.75) is 19.7 Å². The Balaban J connectivity index is 1.65. The lowest BCUT2D eigenvalue weighted by Crippen LogP contribution is -2.13. The molecule has 2 aromatic heterocycles. The van der Waals surface area contributed by atoms with Crippen LogP contribution in [-0.4, -0.2) is 26.1 Å². The standard InChI is InChI=1S/C15H11F4N5O2S/c1-7-11(12(25)21-14-22-13(23-24-14)15(17,18)19)27-10(20-7)6-26-9-4-2-8(16)3-5-9/h2-5H,6H2,1H3,(H2,21,22,23,24,25). The van der Waals surface area contributed by atoms with E-state index in [0.29, 0.717) is 16.5 Å². The van der Waals surface area contributed by atoms with Crippen LogP contribution in [0.4, 0.5) is 23.5 Å². The molecule has 0 saturated heterocycles. The zero-order valence-corrected chi connectivity index (χ0v) is 14.4. The van der Waals surface area contributed by atoms with Crippen LogP contribution >= 0.6 is 11.3 Å². The molecular formula is C15H11F4N5O2S. The van der Waals surface area contributed by atoms with Gasteiger partial charge in [0.25, 0.3) is 5.91 Å². The predicted molar refractivity (Wildman–Crippen MR) is 86.9 cm³/mol. The molecule has 3 rings (SSSR count). The summed E-state index contributed by atoms with van der Waals surface area (Å²) in [6, 6.07) is 5.39. The van der Waals surface area contributed by atoms with Crippen molar-refractivity contribution in [3.8, 4) is 5.75 Å². The summed E-state index contributed by atoms with van der Waals surface area (Å²) in [6.07, 6.45) is -4.69. The summed E-state index contributed by atoms with van der Waals surface area (Å²) in [5.74, 6) is -2.47. The highest BCUT2D eigenvalue weighted by atomic mass is 32.1. The van der Waals surface area contributed by atoms with Crippen molar-refractivity contribution in [3.05, 3.63) is 51.5 Å². The van der Waals surface area contributed by atoms with Crippen molar-refractivity contribution >= 4 is 23.2 Å². The Hall–Kier alpha value is -3.02. The van der Waals surface area contributed by atoms with E-state index < -0.39 is 29.7 Å². The van der Waals surface area contributed by atoms with Crippen LogP contribution < -0.4 is 10.1 Å². The van der Waals surface area contributed by atoms with Crippen LogP contribution in [-0.2, 0) is 12.8 Å². The number of nitrogens with one attached hydrogen (secondary N) is 2. The van der Waals surface area contributed by atoms with E-state index >= 15 is 0 Å². The molecule has 0 radical (unpaired) electrons. The highest BCUT2D eigenvalue weighted by molar-refractivity contribution is 7.13. The molecule has 0 saturated carbocycles. The van der Waals surface area contributed by atoms with Gasteiger partial charge in [-0.15, -0.1) is 16.4 Å². The molecule has 0 aliphatic heterocycles. The van der Waals surface area contributed by atoms with E-state index in [1.807, 2.05) is 0 Å². The number of thiazole rings is 1. The first kappa shape index (κ1) is 18.8. The second kappa shape index (κ2) is 7.31. The van der Waals surface area contributed by atoms with E-state index in [9.17, 15) is 22.4 Å². The average Bonchev–Trinajstić information content (AvgIpc) is 3.21. The van der Waals surface area contributed by atoms with Gasteiger partial charge in [-0.2, -0.15) is 18.2 Å². The molecule has 0 fully saturated rings. The Morgan fingerprint density at radius 2 is 1.96 bits per heavy atom. The third-order valence-corrected chi connectivity index (χ3v) is 4.33. The van der Waals surface area contributed by atoms with Crippen molar-refractivity contribution in [2.24, 2.45) is 0 Å². The minimum Gasteiger partial charge on any atom is -0.486 e. The number of carbonyl (C=O) groups is 1. The van der Waals surface area contributed by atoms with E-state index in [1.54, 1.807) is 12.0 Å². The molecular weight excluding hydrogens is 390 g/mol. The lowest BCUT2D eigenvalue weighted by molar-refractivity contribution is -0.144. The lowest BCUT2D eigenvalue weighted by Gasteiger charge is -2.03. The summed E-state index contributed by atoms with van der Waals surface area (Å²) in [5, 5.41) is 7.66. The second-order valence-corrected chi connectivity index (χ2v) is 6.31. The van der Waals surface area contributed by atoms with Gasteiger partial charge in [0, 0.05) is 0 Å². The number of hydrogen-bond donors (Lipinski definition) is 2. The summed E-state index contributed by atoms with van der Waals surface area (Å²) in [4.78, 5) is 19.8. The number of H-pyrrole nitrogens is 1. The van der Waals surface area contributed by atoms with Crippen LogP contribution in [0.2, 0.25) is 0 Å². The number of ether oxygens (including phenoxy) is 1. The van der Waals surface area contributed by atoms with Gasteiger partial charge in [-0.1, -0.05) is 0 Å². The van der Waals surface area contributed by atoms with Crippen LogP contribution in [0, 0.1) is 12.7 Å². The monoisotopic (exact) mass is 401 g/mol. The van der Waals surface area contributed by atoms with Crippen LogP contribution in [0.3, 0.4) is 0 Å². The maximum absolute atomic E-state index is 12.9. The molecule has 12 heteroatoms. The van der Waals surface area contributed by atoms with Crippen molar-refractivity contribution in [2.75, 3.05) is 5.32 Å². The largest absolute Gasteiger partial charge is 0.486 e. The Kier molecular flexibility index (Phi) is 5.08. The first-order valence-electron chi connectivity index (χ1n) is 7.38. The summed E-state index contributed by atoms with van der Waals surface area (Å²) < 4.78 is 55.8. The fraction of sp³-hybridized carbons (Fsp3) is 0.200. The number of nitrogens with zero attached hydrogens (tertiary/aromatic N) is 3. The topological polar surface area (TPSA) is 92.8 Å². The zero-order valence-electron chi connectivity index (χ0n) is 13.6. The first-order valence-corrected chi connectivity index (χ1v) is 8.19. The molecule has 2 N–H and O–H groups in total. The van der Waals surface area contributed by atoms with Crippen LogP contribution in [0.5, 0.6) is 5.75 Å². The summed E-state index contributed by atoms with van der Waals surface area (Å²) in [6.45, 7) is 1.62. The van der Waals surface area contributed by atoms with E-state index in [0.717, 1.165) is 11.3 Å². The summed E-state index contributed by atoms with van der Waals surface area (Å²) in [7, 11) is 0. The predicted octanol–water partition coefficient (Wildman–Crippen LogP) is 3.56. The number of halogens is 4. The van der Waals surface area contributed by atoms with Gasteiger partial charge in [-0.25, -0.2) is 9.37 Å². The van der Waals surface area contributed by atoms with Gasteiger partial charge in [-0.3, -0.25) is 15.2 Å². The van der Waals surface area contributed by atoms with E-state index in [1.165, 1.54) is 24.3 Å². The van der Waals surface area contributed by atoms with E-state index in [-0.39, 0.29) is 11.5 Å². The number of benzene rings is 1. The lowest BCUT2D eigenvalue weighted by atomic mass is 10.3. The van der Waals surface area contributed by atoms with Gasteiger partial charge in [0.15, 0.2) is 0 Å². The van der Waals surface area contributed by atoms with Crippen LogP contribution in [0.15, 0.2) is 24.3 Å². The molecule has 0 unspecified atom stereocenters. The number of alkyl halides is 3. The Morgan fingerprint density at radius 1 is 1.26 bits per heavy atom. The molecule has 0 aliphatic rings. The quantitative estimate of drug-likeness (QED) is 0.638. The minimum atomic E-state index is -4.69. The molecule has 2 heterocycles. The van der Waals surface area contributed by atoms with Gasteiger partial charge < -0.3 is 4.74 Å². The number of aromatic amines is 1. The summed E-state index contributed by atoms with van der Waals surface area (Å²) >= 11 is 1.01. The molecule has 3 aromatic rings. The Labute approximate surface area is 153 Å². The normalized spacial score (nSPS) is 11.4. The Morgan fingerprint density at radius 3 is 2.59 bits per heavy atom. The molecule has 1 aromatic carbocycles.